The second-order valence-electron chi connectivity index (χ2n) is 24.5. The predicted molar refractivity (Wildman–Crippen MR) is 381 cm³/mol. The molecule has 17 aromatic rings. The van der Waals surface area contributed by atoms with Crippen molar-refractivity contribution in [2.24, 2.45) is 0 Å². The molecule has 0 unspecified atom stereocenters. The van der Waals surface area contributed by atoms with Gasteiger partial charge >= 0.3 is 6.85 Å². The Kier molecular flexibility index (Phi) is 8.82. The minimum Gasteiger partial charge on any atom is -0.456 e. The van der Waals surface area contributed by atoms with Crippen LogP contribution in [0.25, 0.3) is 133 Å². The van der Waals surface area contributed by atoms with Gasteiger partial charge in [-0.05, 0) is 130 Å². The van der Waals surface area contributed by atoms with Crippen LogP contribution in [0.2, 0.25) is 0 Å². The van der Waals surface area contributed by atoms with Gasteiger partial charge in [-0.2, -0.15) is 0 Å². The van der Waals surface area contributed by atoms with Crippen LogP contribution in [-0.4, -0.2) is 30.0 Å². The molecule has 5 aromatic heterocycles. The fourth-order valence-electron chi connectivity index (χ4n) is 14.2. The van der Waals surface area contributed by atoms with E-state index < -0.39 is 81.0 Å². The van der Waals surface area contributed by atoms with Crippen LogP contribution in [-0.2, 0) is 5.41 Å². The van der Waals surface area contributed by atoms with Crippen LogP contribution >= 0.6 is 0 Å². The summed E-state index contributed by atoms with van der Waals surface area (Å²) in [4.78, 5) is 5.10. The Morgan fingerprint density at radius 3 is 1.80 bits per heavy atom. The van der Waals surface area contributed by atoms with E-state index in [1.807, 2.05) is 108 Å². The van der Waals surface area contributed by atoms with Crippen LogP contribution in [0, 0.1) is 20.0 Å². The molecule has 0 bridgehead atoms. The lowest BCUT2D eigenvalue weighted by Crippen LogP contribution is -2.51. The largest absolute Gasteiger partial charge is 0.456 e. The Hall–Kier alpha value is -11.5. The number of imidazole rings is 1. The number of nitrogens with zero attached hydrogens (tertiary/aromatic N) is 6. The van der Waals surface area contributed by atoms with Crippen molar-refractivity contribution in [1.29, 1.82) is 0 Å². The van der Waals surface area contributed by atoms with Gasteiger partial charge in [-0.1, -0.05) is 238 Å². The molecule has 8 heteroatoms. The number of aryl methyl sites for hydroxylation is 2. The summed E-state index contributed by atoms with van der Waals surface area (Å²) in [6.45, 7) is -0.526. The third-order valence-electron chi connectivity index (χ3n) is 18.3. The summed E-state index contributed by atoms with van der Waals surface area (Å²) in [5, 5.41) is 5.19. The number of benzene rings is 12. The average Bonchev–Trinajstić information content (AvgIpc) is 1.52. The number of para-hydroxylation sites is 4. The summed E-state index contributed by atoms with van der Waals surface area (Å²) >= 11 is 0. The Morgan fingerprint density at radius 2 is 1.12 bits per heavy atom. The summed E-state index contributed by atoms with van der Waals surface area (Å²) in [6.07, 6.45) is 5.49. The van der Waals surface area contributed by atoms with Crippen molar-refractivity contribution < 1.29 is 31.2 Å². The summed E-state index contributed by atoms with van der Waals surface area (Å²) in [7, 11) is 0. The van der Waals surface area contributed by atoms with E-state index in [9.17, 15) is 13.7 Å². The Balaban J connectivity index is 0.987. The SMILES string of the molecule is [2H]c1c([2H])c([2H])c(-c2cccc(-c3c([2H])c([2H])c([2H])c([2H])c3[2H])c2-[n+]2[c-]n3c4c5c(ccc42)c2ccccc2n5B(c2c(C([2H])([2H])[2H])cccc2C([2H])([2H])[2H])c2ccc(Oc4cc5c(cc4-n4c6ccccc6c6ccccc64)c4cc(-c6ccccc6)ccc4n5-c4cc(C(C)(C)C)ccn4)cc2-3)c([2H])c1[2H]. The molecule has 1 aliphatic heterocycles. The average molecular weight is 1200 g/mol. The van der Waals surface area contributed by atoms with Crippen LogP contribution < -0.4 is 20.2 Å². The molecule has 0 N–H and O–H groups in total. The molecule has 18 rings (SSSR count). The summed E-state index contributed by atoms with van der Waals surface area (Å²) in [5.41, 5.74) is 8.51. The maximum absolute atomic E-state index is 9.52. The number of pyridine rings is 1. The van der Waals surface area contributed by atoms with Crippen molar-refractivity contribution in [2.45, 2.75) is 39.9 Å². The third-order valence-corrected chi connectivity index (χ3v) is 18.3. The number of hydrogen-bond acceptors (Lipinski definition) is 2. The fraction of sp³-hybridized carbons (Fsp3) is 0.0714. The van der Waals surface area contributed by atoms with Crippen LogP contribution in [0.3, 0.4) is 0 Å². The fourth-order valence-corrected chi connectivity index (χ4v) is 14.2. The number of ether oxygens (including phenoxy) is 1. The van der Waals surface area contributed by atoms with E-state index in [0.717, 1.165) is 60.3 Å². The van der Waals surface area contributed by atoms with Gasteiger partial charge in [0, 0.05) is 63.8 Å². The van der Waals surface area contributed by atoms with Crippen LogP contribution in [0.5, 0.6) is 11.5 Å². The van der Waals surface area contributed by atoms with Gasteiger partial charge in [0.05, 0.1) is 58.4 Å². The minimum absolute atomic E-state index is 0.00667. The number of fused-ring (bicyclic) bond motifs is 11. The quantitative estimate of drug-likeness (QED) is 0.0821. The van der Waals surface area contributed by atoms with Gasteiger partial charge in [0.25, 0.3) is 6.33 Å². The smallest absolute Gasteiger partial charge is 0.324 e. The molecule has 0 saturated carbocycles. The molecule has 0 atom stereocenters. The van der Waals surface area contributed by atoms with Gasteiger partial charge in [0.15, 0.2) is 5.75 Å². The van der Waals surface area contributed by atoms with Gasteiger partial charge in [-0.25, -0.2) is 4.98 Å². The molecule has 7 nitrogen and oxygen atoms in total. The molecule has 1 aliphatic rings. The Labute approximate surface area is 556 Å². The molecule has 0 aliphatic carbocycles. The summed E-state index contributed by atoms with van der Waals surface area (Å²) in [6, 6.07) is 60.9. The second kappa shape index (κ2) is 20.5. The maximum atomic E-state index is 9.52. The van der Waals surface area contributed by atoms with E-state index in [-0.39, 0.29) is 55.7 Å². The Morgan fingerprint density at radius 1 is 0.489 bits per heavy atom. The summed E-state index contributed by atoms with van der Waals surface area (Å²) in [5.74, 6) is 1.31. The molecule has 0 saturated heterocycles. The second-order valence-corrected chi connectivity index (χ2v) is 24.5. The van der Waals surface area contributed by atoms with Crippen LogP contribution in [0.1, 0.15) is 59.4 Å². The van der Waals surface area contributed by atoms with Crippen molar-refractivity contribution >= 4 is 94.2 Å². The monoisotopic (exact) mass is 1200 g/mol. The predicted octanol–water partition coefficient (Wildman–Crippen LogP) is 19.1. The molecular formula is C84H61BN6O. The normalized spacial score (nSPS) is 15.1. The van der Waals surface area contributed by atoms with Gasteiger partial charge in [0.2, 0.25) is 0 Å². The van der Waals surface area contributed by atoms with Gasteiger partial charge in [0.1, 0.15) is 17.1 Å². The molecular weight excluding hydrogens is 1120 g/mol. The van der Waals surface area contributed by atoms with Gasteiger partial charge < -0.3 is 13.8 Å². The number of rotatable bonds is 9. The first-order chi connectivity index (χ1) is 51.7. The highest BCUT2D eigenvalue weighted by Gasteiger charge is 2.37. The lowest BCUT2D eigenvalue weighted by Gasteiger charge is -2.24. The topological polar surface area (TPSA) is 45.7 Å². The highest BCUT2D eigenvalue weighted by atomic mass is 16.5. The van der Waals surface area contributed by atoms with Crippen molar-refractivity contribution in [2.75, 3.05) is 0 Å². The first-order valence-corrected chi connectivity index (χ1v) is 30.5. The lowest BCUT2D eigenvalue weighted by molar-refractivity contribution is -0.571. The van der Waals surface area contributed by atoms with Crippen LogP contribution in [0.15, 0.2) is 279 Å². The summed E-state index contributed by atoms with van der Waals surface area (Å²) < 4.78 is 164. The zero-order chi connectivity index (χ0) is 75.2. The lowest BCUT2D eigenvalue weighted by atomic mass is 9.47. The highest BCUT2D eigenvalue weighted by Crippen LogP contribution is 2.46. The van der Waals surface area contributed by atoms with Crippen molar-refractivity contribution in [1.82, 2.24) is 23.2 Å². The standard InChI is InChI=1S/C84H61BN6O/c1-53-23-21-24-54(2)80(53)85-69-42-40-60(49-76(69)88-52-87(74-44-41-66-65-33-17-20-38-73(65)91(85)82(66)83(74)88)81-61(56-27-11-7-12-28-56)34-22-35-62(81)57-29-13-8-14-30-57)92-78-51-75-68(50-77(78)89-70-36-18-15-31-63(70)64-32-16-19-37-71(64)89)67-47-58(55-25-9-6-10-26-55)39-43-72(67)90(75)79-48-59(45-46-86-79)84(3,4)5/h6-51H,1-5H3/i1D3,2D3,7D,8D,11D,12D,13D,14D,27D,28D,29D,30D. The van der Waals surface area contributed by atoms with E-state index in [1.165, 1.54) is 24.3 Å². The van der Waals surface area contributed by atoms with Crippen molar-refractivity contribution in [3.05, 3.63) is 302 Å². The van der Waals surface area contributed by atoms with Gasteiger partial charge in [-0.3, -0.25) is 13.7 Å². The zero-order valence-electron chi connectivity index (χ0n) is 66.0. The van der Waals surface area contributed by atoms with Gasteiger partial charge in [-0.15, -0.1) is 0 Å². The van der Waals surface area contributed by atoms with E-state index in [1.54, 1.807) is 33.4 Å². The molecule has 0 radical (unpaired) electrons. The van der Waals surface area contributed by atoms with E-state index >= 15 is 0 Å². The van der Waals surface area contributed by atoms with E-state index in [4.69, 9.17) is 17.9 Å². The highest BCUT2D eigenvalue weighted by molar-refractivity contribution is 6.87. The Bertz CT molecular complexity index is 6530. The zero-order valence-corrected chi connectivity index (χ0v) is 50.0. The van der Waals surface area contributed by atoms with Crippen LogP contribution in [0.4, 0.5) is 0 Å². The van der Waals surface area contributed by atoms with E-state index in [0.29, 0.717) is 61.2 Å². The first kappa shape index (κ1) is 39.5. The molecule has 0 fully saturated rings. The first-order valence-electron chi connectivity index (χ1n) is 38.5. The van der Waals surface area contributed by atoms with E-state index in [2.05, 4.69) is 103 Å². The minimum atomic E-state index is -2.88. The molecule has 92 heavy (non-hydrogen) atoms. The maximum Gasteiger partial charge on any atom is 0.324 e. The molecule has 12 aromatic carbocycles. The molecule has 6 heterocycles. The number of aromatic nitrogens is 6. The molecule has 436 valence electrons. The molecule has 0 amide bonds. The van der Waals surface area contributed by atoms with Crippen molar-refractivity contribution in [3.63, 3.8) is 0 Å². The third kappa shape index (κ3) is 8.16. The van der Waals surface area contributed by atoms with Crippen molar-refractivity contribution in [3.8, 4) is 67.8 Å². The molecule has 0 spiro atoms. The number of hydrogen-bond donors (Lipinski definition) is 0.